The molecule has 1 fully saturated rings. The number of fused-ring (bicyclic) bond motifs is 1. The predicted molar refractivity (Wildman–Crippen MR) is 90.9 cm³/mol. The molecule has 1 N–H and O–H groups in total. The van der Waals surface area contributed by atoms with E-state index in [1.807, 2.05) is 17.0 Å². The highest BCUT2D eigenvalue weighted by atomic mass is 32.1. The Labute approximate surface area is 139 Å². The highest BCUT2D eigenvalue weighted by Gasteiger charge is 2.26. The molecule has 0 aromatic carbocycles. The first-order valence-electron chi connectivity index (χ1n) is 8.25. The molecule has 1 aliphatic carbocycles. The molecule has 120 valence electrons. The molecule has 0 spiro atoms. The quantitative estimate of drug-likeness (QED) is 0.941. The Morgan fingerprint density at radius 2 is 2.17 bits per heavy atom. The van der Waals surface area contributed by atoms with Crippen molar-refractivity contribution in [3.05, 3.63) is 39.7 Å². The molecule has 3 heterocycles. The maximum absolute atomic E-state index is 12.7. The molecular weight excluding hydrogens is 308 g/mol. The van der Waals surface area contributed by atoms with E-state index >= 15 is 0 Å². The Hall–Kier alpha value is -1.95. The highest BCUT2D eigenvalue weighted by molar-refractivity contribution is 7.14. The summed E-state index contributed by atoms with van der Waals surface area (Å²) >= 11 is 1.70. The number of hydrogen-bond donors (Lipinski definition) is 1. The minimum Gasteiger partial charge on any atom is -0.366 e. The van der Waals surface area contributed by atoms with Gasteiger partial charge in [-0.15, -0.1) is 16.4 Å². The van der Waals surface area contributed by atoms with E-state index in [0.29, 0.717) is 6.04 Å². The van der Waals surface area contributed by atoms with Crippen molar-refractivity contribution < 1.29 is 4.79 Å². The molecule has 0 radical (unpaired) electrons. The number of carbonyl (C=O) groups excluding carboxylic acids is 1. The van der Waals surface area contributed by atoms with Crippen LogP contribution >= 0.6 is 11.3 Å². The van der Waals surface area contributed by atoms with Gasteiger partial charge in [-0.1, -0.05) is 0 Å². The third kappa shape index (κ3) is 3.08. The number of hydrogen-bond acceptors (Lipinski definition) is 5. The van der Waals surface area contributed by atoms with E-state index in [-0.39, 0.29) is 5.91 Å². The van der Waals surface area contributed by atoms with E-state index in [4.69, 9.17) is 0 Å². The summed E-state index contributed by atoms with van der Waals surface area (Å²) in [6.45, 7) is 1.61. The summed E-state index contributed by atoms with van der Waals surface area (Å²) in [4.78, 5) is 17.0. The maximum atomic E-state index is 12.7. The fourth-order valence-corrected chi connectivity index (χ4v) is 4.63. The lowest BCUT2D eigenvalue weighted by atomic mass is 10.0. The van der Waals surface area contributed by atoms with Gasteiger partial charge < -0.3 is 10.2 Å². The molecule has 0 unspecified atom stereocenters. The number of aryl methyl sites for hydroxylation is 2. The Morgan fingerprint density at radius 3 is 2.91 bits per heavy atom. The number of nitrogens with one attached hydrogen (secondary N) is 1. The van der Waals surface area contributed by atoms with Gasteiger partial charge in [-0.3, -0.25) is 4.79 Å². The molecule has 0 atom stereocenters. The zero-order valence-electron chi connectivity index (χ0n) is 13.0. The fourth-order valence-electron chi connectivity index (χ4n) is 3.40. The lowest BCUT2D eigenvalue weighted by Gasteiger charge is -2.32. The van der Waals surface area contributed by atoms with Gasteiger partial charge in [-0.05, 0) is 55.9 Å². The Bertz CT molecular complexity index is 670. The Balaban J connectivity index is 1.34. The van der Waals surface area contributed by atoms with Crippen LogP contribution in [0.1, 0.15) is 39.4 Å². The summed E-state index contributed by atoms with van der Waals surface area (Å²) in [6.07, 6.45) is 7.11. The topological polar surface area (TPSA) is 58.1 Å². The van der Waals surface area contributed by atoms with Crippen LogP contribution in [0.15, 0.2) is 24.4 Å². The van der Waals surface area contributed by atoms with Crippen LogP contribution in [0.4, 0.5) is 5.82 Å². The number of likely N-dealkylation sites (tertiary alicyclic amines) is 1. The summed E-state index contributed by atoms with van der Waals surface area (Å²) in [5.74, 6) is 1.02. The molecule has 23 heavy (non-hydrogen) atoms. The molecule has 0 bridgehead atoms. The zero-order valence-corrected chi connectivity index (χ0v) is 13.8. The van der Waals surface area contributed by atoms with Crippen molar-refractivity contribution in [3.8, 4) is 0 Å². The van der Waals surface area contributed by atoms with E-state index in [1.165, 1.54) is 16.9 Å². The molecule has 1 amide bonds. The van der Waals surface area contributed by atoms with Crippen LogP contribution < -0.4 is 5.32 Å². The van der Waals surface area contributed by atoms with Crippen molar-refractivity contribution in [1.29, 1.82) is 0 Å². The van der Waals surface area contributed by atoms with Crippen molar-refractivity contribution in [3.63, 3.8) is 0 Å². The average molecular weight is 328 g/mol. The van der Waals surface area contributed by atoms with Crippen molar-refractivity contribution in [1.82, 2.24) is 15.1 Å². The van der Waals surface area contributed by atoms with Crippen molar-refractivity contribution in [2.24, 2.45) is 0 Å². The molecule has 1 saturated heterocycles. The lowest BCUT2D eigenvalue weighted by molar-refractivity contribution is 0.0723. The van der Waals surface area contributed by atoms with Gasteiger partial charge in [0, 0.05) is 30.2 Å². The SMILES string of the molecule is O=C(c1cc2c(s1)CCC2)N1CCC(Nc2cccnn2)CC1. The van der Waals surface area contributed by atoms with E-state index in [1.54, 1.807) is 17.5 Å². The van der Waals surface area contributed by atoms with Crippen LogP contribution in [0.2, 0.25) is 0 Å². The Kier molecular flexibility index (Phi) is 3.99. The highest BCUT2D eigenvalue weighted by Crippen LogP contribution is 2.31. The second kappa shape index (κ2) is 6.28. The minimum absolute atomic E-state index is 0.211. The third-order valence-corrected chi connectivity index (χ3v) is 5.89. The number of rotatable bonds is 3. The maximum Gasteiger partial charge on any atom is 0.263 e. The van der Waals surface area contributed by atoms with Gasteiger partial charge in [0.15, 0.2) is 0 Å². The van der Waals surface area contributed by atoms with Gasteiger partial charge in [0.25, 0.3) is 5.91 Å². The van der Waals surface area contributed by atoms with Gasteiger partial charge in [-0.2, -0.15) is 5.10 Å². The monoisotopic (exact) mass is 328 g/mol. The zero-order chi connectivity index (χ0) is 15.6. The summed E-state index contributed by atoms with van der Waals surface area (Å²) in [6, 6.07) is 6.30. The Morgan fingerprint density at radius 1 is 1.30 bits per heavy atom. The molecule has 0 saturated carbocycles. The van der Waals surface area contributed by atoms with Gasteiger partial charge in [0.1, 0.15) is 5.82 Å². The number of amides is 1. The summed E-state index contributed by atoms with van der Waals surface area (Å²) in [5.41, 5.74) is 1.40. The van der Waals surface area contributed by atoms with Crippen molar-refractivity contribution in [2.45, 2.75) is 38.1 Å². The van der Waals surface area contributed by atoms with Crippen LogP contribution in [0.5, 0.6) is 0 Å². The van der Waals surface area contributed by atoms with Gasteiger partial charge in [-0.25, -0.2) is 0 Å². The number of thiophene rings is 1. The molecule has 2 aromatic rings. The predicted octanol–water partition coefficient (Wildman–Crippen LogP) is 2.74. The lowest BCUT2D eigenvalue weighted by Crippen LogP contribution is -2.42. The van der Waals surface area contributed by atoms with Gasteiger partial charge in [0.2, 0.25) is 0 Å². The number of carbonyl (C=O) groups is 1. The van der Waals surface area contributed by atoms with Crippen LogP contribution in [-0.2, 0) is 12.8 Å². The molecule has 4 rings (SSSR count). The first-order valence-corrected chi connectivity index (χ1v) is 9.06. The van der Waals surface area contributed by atoms with Crippen LogP contribution in [0, 0.1) is 0 Å². The van der Waals surface area contributed by atoms with Crippen molar-refractivity contribution in [2.75, 3.05) is 18.4 Å². The molecule has 6 heteroatoms. The van der Waals surface area contributed by atoms with E-state index in [0.717, 1.165) is 49.5 Å². The first kappa shape index (κ1) is 14.6. The molecule has 2 aliphatic rings. The van der Waals surface area contributed by atoms with E-state index in [2.05, 4.69) is 21.6 Å². The molecular formula is C17H20N4OS. The summed E-state index contributed by atoms with van der Waals surface area (Å²) < 4.78 is 0. The normalized spacial score (nSPS) is 18.0. The second-order valence-corrected chi connectivity index (χ2v) is 7.37. The number of piperidine rings is 1. The first-order chi connectivity index (χ1) is 11.3. The second-order valence-electron chi connectivity index (χ2n) is 6.23. The number of aromatic nitrogens is 2. The van der Waals surface area contributed by atoms with Crippen molar-refractivity contribution >= 4 is 23.1 Å². The molecule has 1 aliphatic heterocycles. The largest absolute Gasteiger partial charge is 0.366 e. The fraction of sp³-hybridized carbons (Fsp3) is 0.471. The van der Waals surface area contributed by atoms with Crippen LogP contribution in [0.25, 0.3) is 0 Å². The summed E-state index contributed by atoms with van der Waals surface area (Å²) in [7, 11) is 0. The van der Waals surface area contributed by atoms with Gasteiger partial charge >= 0.3 is 0 Å². The standard InChI is InChI=1S/C17H20N4OS/c22-17(15-11-12-3-1-4-14(12)23-15)21-9-6-13(7-10-21)19-16-5-2-8-18-20-16/h2,5,8,11,13H,1,3-4,6-7,9-10H2,(H,19,20). The average Bonchev–Trinajstić information content (AvgIpc) is 3.17. The van der Waals surface area contributed by atoms with E-state index in [9.17, 15) is 4.79 Å². The number of anilines is 1. The van der Waals surface area contributed by atoms with Crippen LogP contribution in [0.3, 0.4) is 0 Å². The minimum atomic E-state index is 0.211. The summed E-state index contributed by atoms with van der Waals surface area (Å²) in [5, 5.41) is 11.3. The van der Waals surface area contributed by atoms with Gasteiger partial charge in [0.05, 0.1) is 4.88 Å². The smallest absolute Gasteiger partial charge is 0.263 e. The number of nitrogens with zero attached hydrogens (tertiary/aromatic N) is 3. The van der Waals surface area contributed by atoms with E-state index < -0.39 is 0 Å². The third-order valence-electron chi connectivity index (χ3n) is 4.66. The molecule has 2 aromatic heterocycles. The van der Waals surface area contributed by atoms with Crippen LogP contribution in [-0.4, -0.2) is 40.1 Å². The molecule has 5 nitrogen and oxygen atoms in total.